The minimum atomic E-state index is -0.369. The molecule has 23 heavy (non-hydrogen) atoms. The number of H-pyrrole nitrogens is 2. The molecular formula is C16H15N5O2. The third kappa shape index (κ3) is 3.03. The first kappa shape index (κ1) is 14.7. The van der Waals surface area contributed by atoms with Crippen molar-refractivity contribution in [2.75, 3.05) is 19.0 Å². The highest BCUT2D eigenvalue weighted by atomic mass is 16.1. The molecule has 2 aromatic carbocycles. The Morgan fingerprint density at radius 2 is 1.35 bits per heavy atom. The summed E-state index contributed by atoms with van der Waals surface area (Å²) < 4.78 is 0. The quantitative estimate of drug-likeness (QED) is 0.728. The maximum absolute atomic E-state index is 11.8. The summed E-state index contributed by atoms with van der Waals surface area (Å²) in [6, 6.07) is 12.4. The van der Waals surface area contributed by atoms with Crippen molar-refractivity contribution in [2.45, 2.75) is 0 Å². The molecule has 1 aromatic heterocycles. The van der Waals surface area contributed by atoms with E-state index in [1.165, 1.54) is 0 Å². The summed E-state index contributed by atoms with van der Waals surface area (Å²) in [5.74, 6) is 0. The summed E-state index contributed by atoms with van der Waals surface area (Å²) in [5, 5.41) is 13.4. The van der Waals surface area contributed by atoms with E-state index < -0.39 is 0 Å². The van der Waals surface area contributed by atoms with E-state index >= 15 is 0 Å². The summed E-state index contributed by atoms with van der Waals surface area (Å²) in [5.41, 5.74) is 1.57. The van der Waals surface area contributed by atoms with Gasteiger partial charge in [0.05, 0.1) is 22.1 Å². The van der Waals surface area contributed by atoms with Crippen LogP contribution in [0.25, 0.3) is 10.8 Å². The van der Waals surface area contributed by atoms with Gasteiger partial charge in [0.25, 0.3) is 11.1 Å². The van der Waals surface area contributed by atoms with Gasteiger partial charge in [-0.2, -0.15) is 10.2 Å². The second kappa shape index (κ2) is 5.88. The zero-order valence-electron chi connectivity index (χ0n) is 12.7. The average Bonchev–Trinajstić information content (AvgIpc) is 2.57. The lowest BCUT2D eigenvalue weighted by molar-refractivity contribution is 0.976. The van der Waals surface area contributed by atoms with Gasteiger partial charge in [-0.25, -0.2) is 0 Å². The van der Waals surface area contributed by atoms with Crippen molar-refractivity contribution in [1.82, 2.24) is 10.2 Å². The van der Waals surface area contributed by atoms with E-state index in [1.807, 2.05) is 43.3 Å². The number of hydrogen-bond donors (Lipinski definition) is 2. The highest BCUT2D eigenvalue weighted by Gasteiger charge is 2.03. The van der Waals surface area contributed by atoms with Crippen molar-refractivity contribution >= 4 is 27.8 Å². The van der Waals surface area contributed by atoms with Gasteiger partial charge in [-0.05, 0) is 42.5 Å². The largest absolute Gasteiger partial charge is 0.378 e. The standard InChI is InChI=1S/C16H15N5O2/c1-21(2)12-6-3-10(4-7-12)17-18-11-5-8-13-14(9-11)16(23)20-19-15(13)22/h3-9H,1-2H3,(H,19,22)(H,20,23). The maximum atomic E-state index is 11.8. The summed E-state index contributed by atoms with van der Waals surface area (Å²) in [7, 11) is 3.93. The lowest BCUT2D eigenvalue weighted by Gasteiger charge is -2.11. The molecule has 0 saturated carbocycles. The molecule has 3 aromatic rings. The Hall–Kier alpha value is -3.22. The summed E-state index contributed by atoms with van der Waals surface area (Å²) in [6.07, 6.45) is 0. The number of nitrogens with zero attached hydrogens (tertiary/aromatic N) is 3. The number of aromatic nitrogens is 2. The van der Waals surface area contributed by atoms with E-state index in [4.69, 9.17) is 0 Å². The fourth-order valence-electron chi connectivity index (χ4n) is 2.16. The lowest BCUT2D eigenvalue weighted by Crippen LogP contribution is -2.18. The highest BCUT2D eigenvalue weighted by Crippen LogP contribution is 2.22. The number of fused-ring (bicyclic) bond motifs is 1. The van der Waals surface area contributed by atoms with E-state index in [2.05, 4.69) is 20.4 Å². The molecule has 0 radical (unpaired) electrons. The zero-order valence-corrected chi connectivity index (χ0v) is 12.7. The second-order valence-corrected chi connectivity index (χ2v) is 5.25. The third-order valence-corrected chi connectivity index (χ3v) is 3.43. The molecular weight excluding hydrogens is 294 g/mol. The van der Waals surface area contributed by atoms with Crippen LogP contribution in [-0.2, 0) is 0 Å². The van der Waals surface area contributed by atoms with Crippen LogP contribution in [0.15, 0.2) is 62.3 Å². The topological polar surface area (TPSA) is 93.7 Å². The first-order valence-corrected chi connectivity index (χ1v) is 6.98. The Morgan fingerprint density at radius 3 is 2.00 bits per heavy atom. The van der Waals surface area contributed by atoms with Crippen LogP contribution in [-0.4, -0.2) is 24.3 Å². The Morgan fingerprint density at radius 1 is 0.783 bits per heavy atom. The van der Waals surface area contributed by atoms with Crippen molar-refractivity contribution in [2.24, 2.45) is 10.2 Å². The normalized spacial score (nSPS) is 11.2. The number of azo groups is 1. The van der Waals surface area contributed by atoms with Crippen molar-refractivity contribution < 1.29 is 0 Å². The van der Waals surface area contributed by atoms with Crippen molar-refractivity contribution in [1.29, 1.82) is 0 Å². The number of hydrogen-bond acceptors (Lipinski definition) is 5. The Kier molecular flexibility index (Phi) is 3.76. The van der Waals surface area contributed by atoms with Gasteiger partial charge in [-0.15, -0.1) is 0 Å². The molecule has 2 N–H and O–H groups in total. The average molecular weight is 309 g/mol. The predicted octanol–water partition coefficient (Wildman–Crippen LogP) is 2.70. The molecule has 7 heteroatoms. The van der Waals surface area contributed by atoms with Gasteiger partial charge < -0.3 is 4.90 Å². The van der Waals surface area contributed by atoms with Crippen LogP contribution < -0.4 is 16.0 Å². The molecule has 0 fully saturated rings. The van der Waals surface area contributed by atoms with Crippen molar-refractivity contribution in [3.05, 3.63) is 63.2 Å². The molecule has 1 heterocycles. The minimum Gasteiger partial charge on any atom is -0.378 e. The molecule has 116 valence electrons. The number of nitrogens with one attached hydrogen (secondary N) is 2. The van der Waals surface area contributed by atoms with Gasteiger partial charge in [-0.1, -0.05) is 0 Å². The molecule has 3 rings (SSSR count). The highest BCUT2D eigenvalue weighted by molar-refractivity contribution is 5.83. The van der Waals surface area contributed by atoms with Crippen LogP contribution in [0.2, 0.25) is 0 Å². The minimum absolute atomic E-state index is 0.285. The fourth-order valence-corrected chi connectivity index (χ4v) is 2.16. The Bertz CT molecular complexity index is 984. The predicted molar refractivity (Wildman–Crippen MR) is 90.1 cm³/mol. The maximum Gasteiger partial charge on any atom is 0.270 e. The SMILES string of the molecule is CN(C)c1ccc(N=Nc2ccc3c(=O)[nH][nH]c(=O)c3c2)cc1. The number of aromatic amines is 2. The lowest BCUT2D eigenvalue weighted by atomic mass is 10.2. The van der Waals surface area contributed by atoms with Crippen molar-refractivity contribution in [3.63, 3.8) is 0 Å². The number of rotatable bonds is 3. The summed E-state index contributed by atoms with van der Waals surface area (Å²) >= 11 is 0. The van der Waals surface area contributed by atoms with Crippen LogP contribution >= 0.6 is 0 Å². The molecule has 0 saturated heterocycles. The monoisotopic (exact) mass is 309 g/mol. The van der Waals surface area contributed by atoms with Crippen LogP contribution in [0.5, 0.6) is 0 Å². The number of benzene rings is 2. The van der Waals surface area contributed by atoms with E-state index in [1.54, 1.807) is 18.2 Å². The van der Waals surface area contributed by atoms with Gasteiger partial charge in [0.1, 0.15) is 0 Å². The molecule has 0 bridgehead atoms. The van der Waals surface area contributed by atoms with E-state index in [-0.39, 0.29) is 16.5 Å². The second-order valence-electron chi connectivity index (χ2n) is 5.25. The zero-order chi connectivity index (χ0) is 16.4. The van der Waals surface area contributed by atoms with Crippen LogP contribution in [0.3, 0.4) is 0 Å². The van der Waals surface area contributed by atoms with Crippen molar-refractivity contribution in [3.8, 4) is 0 Å². The molecule has 0 amide bonds. The molecule has 7 nitrogen and oxygen atoms in total. The smallest absolute Gasteiger partial charge is 0.270 e. The third-order valence-electron chi connectivity index (χ3n) is 3.43. The van der Waals surface area contributed by atoms with Crippen LogP contribution in [0.1, 0.15) is 0 Å². The fraction of sp³-hybridized carbons (Fsp3) is 0.125. The van der Waals surface area contributed by atoms with Gasteiger partial charge in [0, 0.05) is 19.8 Å². The molecule has 0 aliphatic carbocycles. The van der Waals surface area contributed by atoms with Gasteiger partial charge in [0.15, 0.2) is 0 Å². The Labute approximate surface area is 131 Å². The molecule has 0 atom stereocenters. The number of anilines is 1. The van der Waals surface area contributed by atoms with Crippen LogP contribution in [0, 0.1) is 0 Å². The van der Waals surface area contributed by atoms with Gasteiger partial charge in [-0.3, -0.25) is 19.8 Å². The van der Waals surface area contributed by atoms with Gasteiger partial charge in [0.2, 0.25) is 0 Å². The van der Waals surface area contributed by atoms with E-state index in [0.29, 0.717) is 16.8 Å². The molecule has 0 aliphatic heterocycles. The van der Waals surface area contributed by atoms with E-state index in [9.17, 15) is 9.59 Å². The van der Waals surface area contributed by atoms with Gasteiger partial charge >= 0.3 is 0 Å². The molecule has 0 unspecified atom stereocenters. The summed E-state index contributed by atoms with van der Waals surface area (Å²) in [4.78, 5) is 25.4. The Balaban J connectivity index is 1.93. The van der Waals surface area contributed by atoms with E-state index in [0.717, 1.165) is 5.69 Å². The van der Waals surface area contributed by atoms with Crippen LogP contribution in [0.4, 0.5) is 17.1 Å². The summed E-state index contributed by atoms with van der Waals surface area (Å²) in [6.45, 7) is 0. The first-order chi connectivity index (χ1) is 11.0. The molecule has 0 aliphatic rings. The first-order valence-electron chi connectivity index (χ1n) is 6.98. The molecule has 0 spiro atoms.